The van der Waals surface area contributed by atoms with E-state index in [1.54, 1.807) is 37.3 Å². The SMILES string of the molecule is CC/C(O)=C(\N=O)C(=O)Nc1ccccc1. The number of carbonyl (C=O) groups excluding carboxylic acids is 1. The van der Waals surface area contributed by atoms with Crippen LogP contribution in [-0.2, 0) is 4.79 Å². The van der Waals surface area contributed by atoms with Crippen LogP contribution >= 0.6 is 0 Å². The summed E-state index contributed by atoms with van der Waals surface area (Å²) in [6.07, 6.45) is 0.184. The predicted molar refractivity (Wildman–Crippen MR) is 60.8 cm³/mol. The van der Waals surface area contributed by atoms with Crippen molar-refractivity contribution in [2.45, 2.75) is 13.3 Å². The average Bonchev–Trinajstić information content (AvgIpc) is 2.31. The van der Waals surface area contributed by atoms with Gasteiger partial charge in [-0.3, -0.25) is 4.79 Å². The zero-order valence-corrected chi connectivity index (χ0v) is 8.80. The number of hydrogen-bond acceptors (Lipinski definition) is 4. The van der Waals surface area contributed by atoms with Crippen LogP contribution in [0.4, 0.5) is 5.69 Å². The van der Waals surface area contributed by atoms with Gasteiger partial charge in [0.15, 0.2) is 0 Å². The number of aliphatic hydroxyl groups excluding tert-OH is 1. The van der Waals surface area contributed by atoms with Crippen LogP contribution in [0.5, 0.6) is 0 Å². The van der Waals surface area contributed by atoms with E-state index in [-0.39, 0.29) is 12.2 Å². The molecule has 5 heteroatoms. The largest absolute Gasteiger partial charge is 0.510 e. The Bertz CT molecular complexity index is 412. The van der Waals surface area contributed by atoms with Crippen LogP contribution < -0.4 is 5.32 Å². The van der Waals surface area contributed by atoms with Gasteiger partial charge in [0.2, 0.25) is 5.70 Å². The molecule has 1 aromatic rings. The van der Waals surface area contributed by atoms with Crippen molar-refractivity contribution in [1.29, 1.82) is 0 Å². The van der Waals surface area contributed by atoms with Crippen molar-refractivity contribution < 1.29 is 9.90 Å². The molecule has 0 aliphatic rings. The molecule has 0 spiro atoms. The van der Waals surface area contributed by atoms with E-state index in [4.69, 9.17) is 0 Å². The minimum atomic E-state index is -0.708. The Morgan fingerprint density at radius 2 is 2.00 bits per heavy atom. The summed E-state index contributed by atoms with van der Waals surface area (Å²) in [6, 6.07) is 8.63. The molecule has 5 nitrogen and oxygen atoms in total. The van der Waals surface area contributed by atoms with Crippen molar-refractivity contribution in [3.8, 4) is 0 Å². The van der Waals surface area contributed by atoms with E-state index < -0.39 is 11.6 Å². The third-order valence-electron chi connectivity index (χ3n) is 1.95. The highest BCUT2D eigenvalue weighted by Crippen LogP contribution is 2.11. The minimum Gasteiger partial charge on any atom is -0.510 e. The van der Waals surface area contributed by atoms with Gasteiger partial charge >= 0.3 is 0 Å². The second kappa shape index (κ2) is 5.65. The molecule has 0 heterocycles. The molecule has 0 aliphatic carbocycles. The monoisotopic (exact) mass is 220 g/mol. The number of anilines is 1. The Kier molecular flexibility index (Phi) is 4.20. The number of nitroso groups, excluding NO2 is 1. The van der Waals surface area contributed by atoms with Gasteiger partial charge in [-0.05, 0) is 17.3 Å². The Labute approximate surface area is 92.8 Å². The number of amides is 1. The Morgan fingerprint density at radius 1 is 1.38 bits per heavy atom. The topological polar surface area (TPSA) is 78.8 Å². The van der Waals surface area contributed by atoms with Crippen molar-refractivity contribution in [2.24, 2.45) is 5.18 Å². The molecule has 1 rings (SSSR count). The fourth-order valence-corrected chi connectivity index (χ4v) is 1.10. The Hall–Kier alpha value is -2.17. The van der Waals surface area contributed by atoms with Gasteiger partial charge in [-0.1, -0.05) is 25.1 Å². The maximum Gasteiger partial charge on any atom is 0.281 e. The first-order chi connectivity index (χ1) is 7.69. The molecule has 2 N–H and O–H groups in total. The van der Waals surface area contributed by atoms with Gasteiger partial charge in [-0.25, -0.2) is 0 Å². The highest BCUT2D eigenvalue weighted by Gasteiger charge is 2.15. The lowest BCUT2D eigenvalue weighted by Gasteiger charge is -2.04. The van der Waals surface area contributed by atoms with Crippen molar-refractivity contribution >= 4 is 11.6 Å². The molecule has 0 saturated carbocycles. The molecule has 0 saturated heterocycles. The summed E-state index contributed by atoms with van der Waals surface area (Å²) >= 11 is 0. The molecular weight excluding hydrogens is 208 g/mol. The van der Waals surface area contributed by atoms with Crippen LogP contribution in [0.2, 0.25) is 0 Å². The van der Waals surface area contributed by atoms with Crippen molar-refractivity contribution in [3.63, 3.8) is 0 Å². The number of aliphatic hydroxyl groups is 1. The predicted octanol–water partition coefficient (Wildman–Crippen LogP) is 2.57. The summed E-state index contributed by atoms with van der Waals surface area (Å²) in [7, 11) is 0. The number of allylic oxidation sites excluding steroid dienone is 1. The fraction of sp³-hybridized carbons (Fsp3) is 0.182. The lowest BCUT2D eigenvalue weighted by Crippen LogP contribution is -2.14. The van der Waals surface area contributed by atoms with Crippen molar-refractivity contribution in [1.82, 2.24) is 0 Å². The zero-order valence-electron chi connectivity index (χ0n) is 8.80. The lowest BCUT2D eigenvalue weighted by atomic mass is 10.2. The average molecular weight is 220 g/mol. The van der Waals surface area contributed by atoms with Gasteiger partial charge < -0.3 is 10.4 Å². The minimum absolute atomic E-state index is 0.184. The van der Waals surface area contributed by atoms with Crippen molar-refractivity contribution in [2.75, 3.05) is 5.32 Å². The molecule has 0 fully saturated rings. The molecule has 0 aliphatic heterocycles. The molecule has 16 heavy (non-hydrogen) atoms. The number of nitrogens with zero attached hydrogens (tertiary/aromatic N) is 1. The van der Waals surface area contributed by atoms with Gasteiger partial charge in [-0.15, -0.1) is 4.91 Å². The van der Waals surface area contributed by atoms with Crippen LogP contribution in [0, 0.1) is 4.91 Å². The zero-order chi connectivity index (χ0) is 12.0. The summed E-state index contributed by atoms with van der Waals surface area (Å²) in [5, 5.41) is 14.3. The number of nitrogens with one attached hydrogen (secondary N) is 1. The third-order valence-corrected chi connectivity index (χ3v) is 1.95. The smallest absolute Gasteiger partial charge is 0.281 e. The van der Waals surface area contributed by atoms with Gasteiger partial charge in [0.05, 0.1) is 0 Å². The van der Waals surface area contributed by atoms with Gasteiger partial charge in [0, 0.05) is 12.1 Å². The quantitative estimate of drug-likeness (QED) is 0.465. The van der Waals surface area contributed by atoms with Gasteiger partial charge in [0.1, 0.15) is 5.76 Å². The first-order valence-electron chi connectivity index (χ1n) is 4.81. The van der Waals surface area contributed by atoms with E-state index in [2.05, 4.69) is 10.5 Å². The number of carbonyl (C=O) groups is 1. The summed E-state index contributed by atoms with van der Waals surface area (Å²) in [5.41, 5.74) is 0.0592. The summed E-state index contributed by atoms with van der Waals surface area (Å²) in [5.74, 6) is -1.02. The van der Waals surface area contributed by atoms with Crippen LogP contribution in [0.3, 0.4) is 0 Å². The molecule has 0 aromatic heterocycles. The van der Waals surface area contributed by atoms with E-state index in [9.17, 15) is 14.8 Å². The lowest BCUT2D eigenvalue weighted by molar-refractivity contribution is -0.113. The molecule has 1 amide bonds. The molecule has 0 atom stereocenters. The molecule has 0 unspecified atom stereocenters. The Morgan fingerprint density at radius 3 is 2.50 bits per heavy atom. The summed E-state index contributed by atoms with van der Waals surface area (Å²) in [4.78, 5) is 21.9. The maximum atomic E-state index is 11.5. The number of benzene rings is 1. The molecular formula is C11H12N2O3. The van der Waals surface area contributed by atoms with Crippen LogP contribution in [-0.4, -0.2) is 11.0 Å². The van der Waals surface area contributed by atoms with E-state index >= 15 is 0 Å². The number of rotatable bonds is 4. The van der Waals surface area contributed by atoms with E-state index in [0.717, 1.165) is 0 Å². The molecule has 0 bridgehead atoms. The third kappa shape index (κ3) is 2.91. The highest BCUT2D eigenvalue weighted by atomic mass is 16.3. The molecule has 1 aromatic carbocycles. The number of hydrogen-bond donors (Lipinski definition) is 2. The second-order valence-corrected chi connectivity index (χ2v) is 3.06. The summed E-state index contributed by atoms with van der Waals surface area (Å²) in [6.45, 7) is 1.62. The van der Waals surface area contributed by atoms with Crippen molar-refractivity contribution in [3.05, 3.63) is 46.7 Å². The maximum absolute atomic E-state index is 11.5. The van der Waals surface area contributed by atoms with Crippen LogP contribution in [0.25, 0.3) is 0 Å². The van der Waals surface area contributed by atoms with E-state index in [1.807, 2.05) is 0 Å². The molecule has 0 radical (unpaired) electrons. The molecule has 84 valence electrons. The normalized spacial score (nSPS) is 11.6. The first-order valence-corrected chi connectivity index (χ1v) is 4.81. The van der Waals surface area contributed by atoms with Crippen LogP contribution in [0.15, 0.2) is 47.0 Å². The van der Waals surface area contributed by atoms with Gasteiger partial charge in [0.25, 0.3) is 5.91 Å². The Balaban J connectivity index is 2.83. The second-order valence-electron chi connectivity index (χ2n) is 3.06. The van der Waals surface area contributed by atoms with Crippen LogP contribution in [0.1, 0.15) is 13.3 Å². The number of para-hydroxylation sites is 1. The highest BCUT2D eigenvalue weighted by molar-refractivity contribution is 6.03. The van der Waals surface area contributed by atoms with E-state index in [1.165, 1.54) is 0 Å². The van der Waals surface area contributed by atoms with Gasteiger partial charge in [-0.2, -0.15) is 0 Å². The standard InChI is InChI=1S/C11H12N2O3/c1-2-9(14)10(13-16)11(15)12-8-6-4-3-5-7-8/h3-7,14H,2H2,1H3,(H,12,15)/b10-9+. The summed E-state index contributed by atoms with van der Waals surface area (Å²) < 4.78 is 0. The van der Waals surface area contributed by atoms with E-state index in [0.29, 0.717) is 5.69 Å². The fourth-order valence-electron chi connectivity index (χ4n) is 1.10. The first kappa shape index (κ1) is 11.9.